The molecule has 1 heterocycles. The Morgan fingerprint density at radius 1 is 0.756 bits per heavy atom. The highest BCUT2D eigenvalue weighted by atomic mass is 16.7. The van der Waals surface area contributed by atoms with Crippen LogP contribution in [-0.4, -0.2) is 74.4 Å². The van der Waals surface area contributed by atoms with Crippen LogP contribution in [0.3, 0.4) is 0 Å². The fourth-order valence-corrected chi connectivity index (χ4v) is 4.18. The zero-order valence-electron chi connectivity index (χ0n) is 25.1. The predicted molar refractivity (Wildman–Crippen MR) is 147 cm³/mol. The smallest absolute Gasteiger partial charge is 0.303 e. The average molecular weight is 581 g/mol. The van der Waals surface area contributed by atoms with Gasteiger partial charge in [0.05, 0.1) is 6.61 Å². The summed E-state index contributed by atoms with van der Waals surface area (Å²) in [5.74, 6) is -1.79. The Balaban J connectivity index is 2.01. The summed E-state index contributed by atoms with van der Waals surface area (Å²) < 4.78 is 39.0. The number of hydrogen-bond donors (Lipinski definition) is 0. The zero-order chi connectivity index (χ0) is 30.6. The second-order valence-corrected chi connectivity index (χ2v) is 11.2. The van der Waals surface area contributed by atoms with Gasteiger partial charge in [-0.05, 0) is 48.8 Å². The molecule has 41 heavy (non-hydrogen) atoms. The largest absolute Gasteiger partial charge is 0.494 e. The van der Waals surface area contributed by atoms with E-state index in [4.69, 9.17) is 33.2 Å². The number of ether oxygens (including phenoxy) is 7. The van der Waals surface area contributed by atoms with Gasteiger partial charge in [-0.2, -0.15) is 0 Å². The summed E-state index contributed by atoms with van der Waals surface area (Å²) in [5, 5.41) is 0. The molecule has 1 aliphatic heterocycles. The summed E-state index contributed by atoms with van der Waals surface area (Å²) in [6.45, 7) is 11.9. The molecule has 2 rings (SSSR count). The quantitative estimate of drug-likeness (QED) is 0.180. The summed E-state index contributed by atoms with van der Waals surface area (Å²) >= 11 is 0. The van der Waals surface area contributed by atoms with Crippen molar-refractivity contribution >= 4 is 23.9 Å². The van der Waals surface area contributed by atoms with E-state index in [0.29, 0.717) is 13.0 Å². The molecule has 11 heteroatoms. The first-order valence-electron chi connectivity index (χ1n) is 13.9. The van der Waals surface area contributed by atoms with Gasteiger partial charge in [-0.1, -0.05) is 32.9 Å². The van der Waals surface area contributed by atoms with E-state index < -0.39 is 54.6 Å². The van der Waals surface area contributed by atoms with Crippen LogP contribution in [0.25, 0.3) is 0 Å². The molecule has 11 nitrogen and oxygen atoms in total. The Morgan fingerprint density at radius 3 is 1.90 bits per heavy atom. The van der Waals surface area contributed by atoms with Crippen molar-refractivity contribution in [3.63, 3.8) is 0 Å². The van der Waals surface area contributed by atoms with Crippen LogP contribution < -0.4 is 4.74 Å². The molecule has 230 valence electrons. The molecule has 1 aromatic rings. The van der Waals surface area contributed by atoms with E-state index in [1.807, 2.05) is 24.3 Å². The lowest BCUT2D eigenvalue weighted by Crippen LogP contribution is -2.63. The molecule has 1 aromatic carbocycles. The zero-order valence-corrected chi connectivity index (χ0v) is 25.1. The van der Waals surface area contributed by atoms with E-state index in [-0.39, 0.29) is 18.6 Å². The lowest BCUT2D eigenvalue weighted by molar-refractivity contribution is -0.308. The molecule has 0 bridgehead atoms. The third-order valence-electron chi connectivity index (χ3n) is 6.13. The number of aryl methyl sites for hydroxylation is 1. The second-order valence-electron chi connectivity index (χ2n) is 11.2. The Morgan fingerprint density at radius 2 is 1.34 bits per heavy atom. The third-order valence-corrected chi connectivity index (χ3v) is 6.13. The van der Waals surface area contributed by atoms with Gasteiger partial charge < -0.3 is 33.2 Å². The third kappa shape index (κ3) is 12.9. The van der Waals surface area contributed by atoms with Crippen LogP contribution in [0, 0.1) is 5.41 Å². The van der Waals surface area contributed by atoms with Gasteiger partial charge in [0, 0.05) is 34.3 Å². The van der Waals surface area contributed by atoms with Crippen LogP contribution in [0.1, 0.15) is 73.3 Å². The van der Waals surface area contributed by atoms with Crippen LogP contribution in [0.5, 0.6) is 5.75 Å². The highest BCUT2D eigenvalue weighted by Crippen LogP contribution is 2.30. The molecule has 0 aromatic heterocycles. The summed E-state index contributed by atoms with van der Waals surface area (Å²) in [6.07, 6.45) is -2.65. The molecule has 0 radical (unpaired) electrons. The van der Waals surface area contributed by atoms with Crippen LogP contribution in [-0.2, 0) is 54.0 Å². The molecule has 0 saturated carbocycles. The molecule has 5 atom stereocenters. The maximum Gasteiger partial charge on any atom is 0.303 e. The van der Waals surface area contributed by atoms with Crippen molar-refractivity contribution in [2.75, 3.05) is 19.8 Å². The van der Waals surface area contributed by atoms with Gasteiger partial charge in [0.2, 0.25) is 0 Å². The predicted octanol–water partition coefficient (Wildman–Crippen LogP) is 3.92. The van der Waals surface area contributed by atoms with Gasteiger partial charge >= 0.3 is 23.9 Å². The fraction of sp³-hybridized carbons (Fsp3) is 0.667. The molecule has 1 saturated heterocycles. The minimum atomic E-state index is -1.25. The summed E-state index contributed by atoms with van der Waals surface area (Å²) in [4.78, 5) is 47.1. The topological polar surface area (TPSA) is 133 Å². The maximum absolute atomic E-state index is 11.9. The van der Waals surface area contributed by atoms with Crippen molar-refractivity contribution in [2.45, 2.75) is 105 Å². The van der Waals surface area contributed by atoms with Crippen LogP contribution >= 0.6 is 0 Å². The SMILES string of the molecule is CC(=O)OC[C@H]1O[C@@H](OCCCCc2ccc(OCCC(C)(C)C)cc2)[C@H](OC(C)=O)[C@@H](OC(C)=O)[C@@H]1OC(C)=O. The Hall–Kier alpha value is -3.18. The van der Waals surface area contributed by atoms with Crippen LogP contribution in [0.15, 0.2) is 24.3 Å². The first-order chi connectivity index (χ1) is 19.2. The van der Waals surface area contributed by atoms with Crippen molar-refractivity contribution in [3.8, 4) is 5.75 Å². The standard InChI is InChI=1S/C30H44O11/c1-19(31)37-18-25-26(38-20(2)32)27(39-21(3)33)28(40-22(4)34)29(41-25)36-16-9-8-10-23-11-13-24(14-12-23)35-17-15-30(5,6)7/h11-14,25-29H,8-10,15-18H2,1-7H3/t25-,26-,27+,28-,29-/m1/s1. The molecular formula is C30H44O11. The lowest BCUT2D eigenvalue weighted by atomic mass is 9.93. The van der Waals surface area contributed by atoms with E-state index in [9.17, 15) is 19.2 Å². The van der Waals surface area contributed by atoms with Crippen LogP contribution in [0.2, 0.25) is 0 Å². The Kier molecular flexibility index (Phi) is 13.5. The van der Waals surface area contributed by atoms with Crippen molar-refractivity contribution in [3.05, 3.63) is 29.8 Å². The van der Waals surface area contributed by atoms with E-state index in [1.54, 1.807) is 0 Å². The van der Waals surface area contributed by atoms with E-state index in [0.717, 1.165) is 30.6 Å². The van der Waals surface area contributed by atoms with Crippen molar-refractivity contribution < 1.29 is 52.3 Å². The summed E-state index contributed by atoms with van der Waals surface area (Å²) in [6, 6.07) is 8.00. The van der Waals surface area contributed by atoms with Gasteiger partial charge in [0.15, 0.2) is 24.6 Å². The maximum atomic E-state index is 11.9. The fourth-order valence-electron chi connectivity index (χ4n) is 4.18. The van der Waals surface area contributed by atoms with Crippen LogP contribution in [0.4, 0.5) is 0 Å². The normalized spacial score (nSPS) is 22.4. The molecule has 1 fully saturated rings. The number of hydrogen-bond acceptors (Lipinski definition) is 11. The summed E-state index contributed by atoms with van der Waals surface area (Å²) in [5.41, 5.74) is 1.37. The van der Waals surface area contributed by atoms with Gasteiger partial charge in [-0.3, -0.25) is 19.2 Å². The van der Waals surface area contributed by atoms with Crippen molar-refractivity contribution in [2.24, 2.45) is 5.41 Å². The lowest BCUT2D eigenvalue weighted by Gasteiger charge is -2.44. The monoisotopic (exact) mass is 580 g/mol. The van der Waals surface area contributed by atoms with Gasteiger partial charge in [0.1, 0.15) is 18.5 Å². The van der Waals surface area contributed by atoms with E-state index in [2.05, 4.69) is 20.8 Å². The Bertz CT molecular complexity index is 999. The molecule has 0 spiro atoms. The van der Waals surface area contributed by atoms with E-state index in [1.165, 1.54) is 27.7 Å². The number of esters is 4. The van der Waals surface area contributed by atoms with Crippen molar-refractivity contribution in [1.82, 2.24) is 0 Å². The second kappa shape index (κ2) is 16.3. The number of unbranched alkanes of at least 4 members (excludes halogenated alkanes) is 1. The summed E-state index contributed by atoms with van der Waals surface area (Å²) in [7, 11) is 0. The number of benzene rings is 1. The van der Waals surface area contributed by atoms with Gasteiger partial charge in [-0.25, -0.2) is 0 Å². The first kappa shape index (κ1) is 34.0. The van der Waals surface area contributed by atoms with Gasteiger partial charge in [-0.15, -0.1) is 0 Å². The minimum absolute atomic E-state index is 0.220. The highest BCUT2D eigenvalue weighted by Gasteiger charge is 2.52. The minimum Gasteiger partial charge on any atom is -0.494 e. The van der Waals surface area contributed by atoms with Gasteiger partial charge in [0.25, 0.3) is 0 Å². The molecular weight excluding hydrogens is 536 g/mol. The average Bonchev–Trinajstić information content (AvgIpc) is 2.85. The molecule has 1 aliphatic rings. The highest BCUT2D eigenvalue weighted by molar-refractivity contribution is 5.68. The van der Waals surface area contributed by atoms with E-state index >= 15 is 0 Å². The molecule has 0 N–H and O–H groups in total. The molecule has 0 unspecified atom stereocenters. The molecule has 0 aliphatic carbocycles. The number of carbonyl (C=O) groups excluding carboxylic acids is 4. The molecule has 0 amide bonds. The number of rotatable bonds is 14. The first-order valence-corrected chi connectivity index (χ1v) is 13.9. The Labute approximate surface area is 242 Å². The van der Waals surface area contributed by atoms with Crippen molar-refractivity contribution in [1.29, 1.82) is 0 Å². The number of carbonyl (C=O) groups is 4.